The largest absolute Gasteiger partial charge is 0.459 e. The summed E-state index contributed by atoms with van der Waals surface area (Å²) in [6, 6.07) is 7.92. The molecule has 48 heavy (non-hydrogen) atoms. The first-order valence-electron chi connectivity index (χ1n) is 17.4. The summed E-state index contributed by atoms with van der Waals surface area (Å²) in [4.78, 5) is 29.3. The second-order valence-electron chi connectivity index (χ2n) is 15.0. The van der Waals surface area contributed by atoms with Gasteiger partial charge in [-0.3, -0.25) is 14.5 Å². The average molecular weight is 680 g/mol. The molecule has 14 atom stereocenters. The topological polar surface area (TPSA) is 155 Å². The molecule has 2 aliphatic heterocycles. The Morgan fingerprint density at radius 1 is 0.979 bits per heavy atom. The lowest BCUT2D eigenvalue weighted by atomic mass is 9.74. The van der Waals surface area contributed by atoms with Crippen LogP contribution in [0.15, 0.2) is 24.3 Å². The third-order valence-electron chi connectivity index (χ3n) is 11.0. The van der Waals surface area contributed by atoms with Gasteiger partial charge in [0.25, 0.3) is 0 Å². The van der Waals surface area contributed by atoms with Crippen LogP contribution < -0.4 is 0 Å². The number of aliphatic hydroxyl groups is 4. The number of rotatable bonds is 7. The summed E-state index contributed by atoms with van der Waals surface area (Å²) in [5.41, 5.74) is -0.886. The number of Topliss-reactive ketones (excluding diaryl/α,β-unsaturated/α-hetero) is 1. The Morgan fingerprint density at radius 3 is 2.15 bits per heavy atom. The van der Waals surface area contributed by atoms with Crippen LogP contribution in [0, 0.1) is 30.6 Å². The normalized spacial score (nSPS) is 42.3. The summed E-state index contributed by atoms with van der Waals surface area (Å²) in [5, 5.41) is 46.0. The van der Waals surface area contributed by atoms with Crippen LogP contribution in [-0.2, 0) is 35.1 Å². The molecule has 3 rings (SSSR count). The quantitative estimate of drug-likeness (QED) is 0.314. The first kappa shape index (κ1) is 40.5. The number of esters is 1. The molecule has 0 aliphatic carbocycles. The molecule has 274 valence electrons. The van der Waals surface area contributed by atoms with E-state index in [0.29, 0.717) is 13.0 Å². The van der Waals surface area contributed by atoms with Gasteiger partial charge in [0.05, 0.1) is 35.9 Å². The maximum atomic E-state index is 13.8. The number of nitrogens with zero attached hydrogens (tertiary/aromatic N) is 1. The number of carbonyl (C=O) groups excluding carboxylic acids is 2. The van der Waals surface area contributed by atoms with Gasteiger partial charge in [-0.1, -0.05) is 57.5 Å². The van der Waals surface area contributed by atoms with Crippen LogP contribution in [0.2, 0.25) is 0 Å². The second kappa shape index (κ2) is 16.4. The third kappa shape index (κ3) is 8.84. The molecule has 11 nitrogen and oxygen atoms in total. The lowest BCUT2D eigenvalue weighted by molar-refractivity contribution is -0.302. The monoisotopic (exact) mass is 679 g/mol. The maximum absolute atomic E-state index is 13.8. The van der Waals surface area contributed by atoms with Crippen LogP contribution >= 0.6 is 0 Å². The van der Waals surface area contributed by atoms with E-state index in [2.05, 4.69) is 29.2 Å². The zero-order chi connectivity index (χ0) is 36.3. The summed E-state index contributed by atoms with van der Waals surface area (Å²) in [6.07, 6.45) is -6.54. The van der Waals surface area contributed by atoms with Crippen LogP contribution in [0.25, 0.3) is 0 Å². The van der Waals surface area contributed by atoms with E-state index in [9.17, 15) is 30.0 Å². The van der Waals surface area contributed by atoms with Crippen molar-refractivity contribution in [2.45, 2.75) is 148 Å². The second-order valence-corrected chi connectivity index (χ2v) is 15.0. The standard InChI is InChI=1S/C37H61NO10/c1-12-28-37(9,44)32(42)23(5)29(39)21(3)18-36(8,45-11)33(24(6)30(40)25(7)34(43)47-28)48-35-31(41)27(17-22(4)46-35)38(10)19-26-15-13-20(2)14-16-26/h13-16,21-25,27-28,30-33,35,40-42,44H,12,17-19H2,1-11H3/t21-,22-,23+,24+,25-,27+,28?,30-,31-,32-,33-,35?,36+,37-/m1/s1. The van der Waals surface area contributed by atoms with E-state index in [-0.39, 0.29) is 30.8 Å². The van der Waals surface area contributed by atoms with Crippen LogP contribution in [0.4, 0.5) is 0 Å². The van der Waals surface area contributed by atoms with Crippen LogP contribution in [-0.4, -0.2) is 111 Å². The molecule has 0 saturated carbocycles. The minimum Gasteiger partial charge on any atom is -0.459 e. The van der Waals surface area contributed by atoms with Gasteiger partial charge in [0.1, 0.15) is 23.6 Å². The lowest BCUT2D eigenvalue weighted by Crippen LogP contribution is -2.60. The summed E-state index contributed by atoms with van der Waals surface area (Å²) in [5.74, 6) is -4.58. The van der Waals surface area contributed by atoms with Crippen LogP contribution in [0.3, 0.4) is 0 Å². The molecule has 2 heterocycles. The molecule has 0 bridgehead atoms. The molecule has 0 spiro atoms. The Morgan fingerprint density at radius 2 is 1.58 bits per heavy atom. The number of hydrogen-bond donors (Lipinski definition) is 4. The van der Waals surface area contributed by atoms with Crippen molar-refractivity contribution in [2.24, 2.45) is 23.7 Å². The zero-order valence-electron chi connectivity index (χ0n) is 30.8. The number of carbonyl (C=O) groups is 2. The molecule has 1 aromatic carbocycles. The number of ether oxygens (including phenoxy) is 4. The highest BCUT2D eigenvalue weighted by atomic mass is 16.7. The number of aliphatic hydroxyl groups excluding tert-OH is 3. The SMILES string of the molecule is CCC1OC(=O)[C@H](C)[C@H](O)[C@H](C)[C@@H](OC2O[C@H](C)C[C@H](N(C)Cc3ccc(C)cc3)[C@H]2O)[C@@](C)(OC)C[C@@H](C)C(=O)[C@H](C)[C@@H](O)[C@]1(C)O. The third-order valence-corrected chi connectivity index (χ3v) is 11.0. The van der Waals surface area contributed by atoms with Gasteiger partial charge in [-0.25, -0.2) is 0 Å². The number of aryl methyl sites for hydroxylation is 1. The molecular weight excluding hydrogens is 618 g/mol. The van der Waals surface area contributed by atoms with E-state index < -0.39 is 77.7 Å². The van der Waals surface area contributed by atoms with Gasteiger partial charge in [0.15, 0.2) is 6.29 Å². The van der Waals surface area contributed by atoms with E-state index in [4.69, 9.17) is 18.9 Å². The Labute approximate surface area is 286 Å². The van der Waals surface area contributed by atoms with Crippen molar-refractivity contribution in [3.05, 3.63) is 35.4 Å². The fourth-order valence-corrected chi connectivity index (χ4v) is 7.61. The van der Waals surface area contributed by atoms with Gasteiger partial charge in [-0.2, -0.15) is 0 Å². The number of ketones is 1. The first-order valence-corrected chi connectivity index (χ1v) is 17.4. The number of likely N-dealkylation sites (N-methyl/N-ethyl adjacent to an activating group) is 1. The lowest BCUT2D eigenvalue weighted by Gasteiger charge is -2.48. The minimum atomic E-state index is -1.93. The highest BCUT2D eigenvalue weighted by molar-refractivity contribution is 5.83. The van der Waals surface area contributed by atoms with Gasteiger partial charge >= 0.3 is 5.97 Å². The number of hydrogen-bond acceptors (Lipinski definition) is 11. The summed E-state index contributed by atoms with van der Waals surface area (Å²) >= 11 is 0. The van der Waals surface area contributed by atoms with Gasteiger partial charge in [0.2, 0.25) is 0 Å². The van der Waals surface area contributed by atoms with Crippen molar-refractivity contribution in [2.75, 3.05) is 14.2 Å². The smallest absolute Gasteiger partial charge is 0.311 e. The minimum absolute atomic E-state index is 0.119. The van der Waals surface area contributed by atoms with E-state index >= 15 is 0 Å². The van der Waals surface area contributed by atoms with Crippen molar-refractivity contribution in [3.8, 4) is 0 Å². The molecule has 0 aromatic heterocycles. The molecule has 1 aromatic rings. The van der Waals surface area contributed by atoms with E-state index in [1.807, 2.05) is 20.9 Å². The molecule has 2 saturated heterocycles. The van der Waals surface area contributed by atoms with Crippen LogP contribution in [0.5, 0.6) is 0 Å². The molecule has 2 fully saturated rings. The summed E-state index contributed by atoms with van der Waals surface area (Å²) in [6.45, 7) is 15.9. The van der Waals surface area contributed by atoms with E-state index in [0.717, 1.165) is 11.1 Å². The zero-order valence-corrected chi connectivity index (χ0v) is 30.8. The molecule has 2 unspecified atom stereocenters. The van der Waals surface area contributed by atoms with Crippen molar-refractivity contribution >= 4 is 11.8 Å². The fourth-order valence-electron chi connectivity index (χ4n) is 7.61. The molecular formula is C37H61NO10. The van der Waals surface area contributed by atoms with E-state index in [1.165, 1.54) is 21.0 Å². The first-order chi connectivity index (χ1) is 22.3. The number of benzene rings is 1. The van der Waals surface area contributed by atoms with Gasteiger partial charge in [-0.15, -0.1) is 0 Å². The maximum Gasteiger partial charge on any atom is 0.311 e. The fraction of sp³-hybridized carbons (Fsp3) is 0.784. The Bertz CT molecular complexity index is 1210. The number of methoxy groups -OCH3 is 1. The Kier molecular flexibility index (Phi) is 13.8. The van der Waals surface area contributed by atoms with Gasteiger partial charge < -0.3 is 39.4 Å². The number of cyclic esters (lactones) is 1. The molecule has 11 heteroatoms. The van der Waals surface area contributed by atoms with Gasteiger partial charge in [-0.05, 0) is 66.5 Å². The predicted octanol–water partition coefficient (Wildman–Crippen LogP) is 3.39. The van der Waals surface area contributed by atoms with Crippen molar-refractivity contribution in [3.63, 3.8) is 0 Å². The van der Waals surface area contributed by atoms with Gasteiger partial charge in [0, 0.05) is 37.5 Å². The molecule has 0 amide bonds. The molecule has 2 aliphatic rings. The molecule has 4 N–H and O–H groups in total. The Balaban J connectivity index is 2.00. The average Bonchev–Trinajstić information content (AvgIpc) is 3.05. The highest BCUT2D eigenvalue weighted by Crippen LogP contribution is 2.39. The van der Waals surface area contributed by atoms with Crippen molar-refractivity contribution in [1.82, 2.24) is 4.90 Å². The Hall–Kier alpha value is -1.96. The summed E-state index contributed by atoms with van der Waals surface area (Å²) in [7, 11) is 3.44. The van der Waals surface area contributed by atoms with Crippen molar-refractivity contribution < 1.29 is 49.0 Å². The summed E-state index contributed by atoms with van der Waals surface area (Å²) < 4.78 is 24.7. The van der Waals surface area contributed by atoms with Crippen molar-refractivity contribution in [1.29, 1.82) is 0 Å². The van der Waals surface area contributed by atoms with E-state index in [1.54, 1.807) is 34.6 Å². The predicted molar refractivity (Wildman–Crippen MR) is 181 cm³/mol. The van der Waals surface area contributed by atoms with Crippen LogP contribution in [0.1, 0.15) is 85.8 Å². The molecule has 0 radical (unpaired) electrons. The highest BCUT2D eigenvalue weighted by Gasteiger charge is 2.52.